The van der Waals surface area contributed by atoms with Gasteiger partial charge in [0.05, 0.1) is 0 Å². The Kier molecular flexibility index (Phi) is 4.86. The number of carboxylic acid groups (broad SMARTS) is 1. The second-order valence-electron chi connectivity index (χ2n) is 3.49. The van der Waals surface area contributed by atoms with Gasteiger partial charge < -0.3 is 15.2 Å². The summed E-state index contributed by atoms with van der Waals surface area (Å²) in [4.78, 5) is 12.9. The molecule has 0 bridgehead atoms. The second kappa shape index (κ2) is 5.95. The molecule has 2 N–H and O–H groups in total. The lowest BCUT2D eigenvalue weighted by molar-refractivity contribution is -0.140. The molecule has 0 saturated carbocycles. The molecule has 1 rings (SSSR count). The smallest absolute Gasteiger partial charge is 0.322 e. The lowest BCUT2D eigenvalue weighted by Gasteiger charge is -2.31. The number of aliphatic carboxylic acids is 1. The highest BCUT2D eigenvalue weighted by Crippen LogP contribution is 2.00. The topological polar surface area (TPSA) is 61.8 Å². The molecule has 1 fully saturated rings. The van der Waals surface area contributed by atoms with Gasteiger partial charge in [-0.25, -0.2) is 0 Å². The maximum Gasteiger partial charge on any atom is 0.322 e. The minimum atomic E-state index is -0.763. The number of rotatable bonds is 5. The molecule has 5 heteroatoms. The Morgan fingerprint density at radius 1 is 1.71 bits per heavy atom. The van der Waals surface area contributed by atoms with Crippen LogP contribution in [-0.4, -0.2) is 61.9 Å². The Morgan fingerprint density at radius 3 is 3.14 bits per heavy atom. The summed E-state index contributed by atoms with van der Waals surface area (Å²) < 4.78 is 4.95. The lowest BCUT2D eigenvalue weighted by atomic mass is 10.2. The molecule has 0 radical (unpaired) electrons. The highest BCUT2D eigenvalue weighted by atomic mass is 16.5. The van der Waals surface area contributed by atoms with Crippen molar-refractivity contribution < 1.29 is 14.6 Å². The second-order valence-corrected chi connectivity index (χ2v) is 3.49. The van der Waals surface area contributed by atoms with Crippen molar-refractivity contribution >= 4 is 5.97 Å². The van der Waals surface area contributed by atoms with Crippen LogP contribution in [0.2, 0.25) is 0 Å². The van der Waals surface area contributed by atoms with Gasteiger partial charge >= 0.3 is 5.97 Å². The fourth-order valence-corrected chi connectivity index (χ4v) is 1.61. The molecule has 1 aliphatic heterocycles. The van der Waals surface area contributed by atoms with E-state index in [0.717, 1.165) is 32.7 Å². The van der Waals surface area contributed by atoms with E-state index in [1.807, 2.05) is 0 Å². The Bertz CT molecular complexity index is 187. The first kappa shape index (κ1) is 11.4. The maximum absolute atomic E-state index is 10.7. The number of ether oxygens (including phenoxy) is 1. The Hall–Kier alpha value is -0.650. The first-order valence-electron chi connectivity index (χ1n) is 4.91. The van der Waals surface area contributed by atoms with Crippen LogP contribution in [0.3, 0.4) is 0 Å². The summed E-state index contributed by atoms with van der Waals surface area (Å²) in [6.45, 7) is 3.93. The van der Waals surface area contributed by atoms with Crippen molar-refractivity contribution in [3.05, 3.63) is 0 Å². The van der Waals surface area contributed by atoms with Gasteiger partial charge in [0.1, 0.15) is 6.04 Å². The van der Waals surface area contributed by atoms with E-state index in [2.05, 4.69) is 10.2 Å². The van der Waals surface area contributed by atoms with Gasteiger partial charge in [-0.15, -0.1) is 0 Å². The zero-order valence-electron chi connectivity index (χ0n) is 8.53. The predicted molar refractivity (Wildman–Crippen MR) is 52.4 cm³/mol. The maximum atomic E-state index is 10.7. The number of nitrogens with zero attached hydrogens (tertiary/aromatic N) is 1. The summed E-state index contributed by atoms with van der Waals surface area (Å²) in [5, 5.41) is 11.8. The monoisotopic (exact) mass is 202 g/mol. The van der Waals surface area contributed by atoms with Gasteiger partial charge in [0, 0.05) is 39.9 Å². The van der Waals surface area contributed by atoms with Crippen molar-refractivity contribution in [3.63, 3.8) is 0 Å². The van der Waals surface area contributed by atoms with Gasteiger partial charge in [-0.3, -0.25) is 9.69 Å². The van der Waals surface area contributed by atoms with Crippen LogP contribution in [0.5, 0.6) is 0 Å². The molecule has 1 heterocycles. The quantitative estimate of drug-likeness (QED) is 0.582. The van der Waals surface area contributed by atoms with Crippen molar-refractivity contribution in [2.75, 3.05) is 39.9 Å². The summed E-state index contributed by atoms with van der Waals surface area (Å²) in [5.41, 5.74) is 0. The van der Waals surface area contributed by atoms with Gasteiger partial charge in [0.2, 0.25) is 0 Å². The van der Waals surface area contributed by atoms with Crippen LogP contribution in [-0.2, 0) is 9.53 Å². The molecule has 5 nitrogen and oxygen atoms in total. The predicted octanol–water partition coefficient (Wildman–Crippen LogP) is -0.619. The number of carbonyl (C=O) groups is 1. The number of nitrogens with one attached hydrogen (secondary N) is 1. The van der Waals surface area contributed by atoms with E-state index in [0.29, 0.717) is 6.54 Å². The third-order valence-electron chi connectivity index (χ3n) is 2.38. The average Bonchev–Trinajstić information content (AvgIpc) is 2.19. The summed E-state index contributed by atoms with van der Waals surface area (Å²) in [6, 6.07) is -0.411. The SMILES string of the molecule is COCCCN1CCNC(C(=O)O)C1. The highest BCUT2D eigenvalue weighted by molar-refractivity contribution is 5.73. The number of methoxy groups -OCH3 is 1. The summed E-state index contributed by atoms with van der Waals surface area (Å²) in [5.74, 6) is -0.763. The van der Waals surface area contributed by atoms with Crippen molar-refractivity contribution in [3.8, 4) is 0 Å². The molecule has 0 aromatic heterocycles. The molecule has 0 spiro atoms. The largest absolute Gasteiger partial charge is 0.480 e. The van der Waals surface area contributed by atoms with Gasteiger partial charge in [0.25, 0.3) is 0 Å². The van der Waals surface area contributed by atoms with E-state index >= 15 is 0 Å². The van der Waals surface area contributed by atoms with Gasteiger partial charge in [-0.05, 0) is 6.42 Å². The van der Waals surface area contributed by atoms with Gasteiger partial charge in [0.15, 0.2) is 0 Å². The van der Waals surface area contributed by atoms with Crippen LogP contribution in [0.4, 0.5) is 0 Å². The van der Waals surface area contributed by atoms with Crippen LogP contribution in [0.25, 0.3) is 0 Å². The molecule has 0 aliphatic carbocycles. The van der Waals surface area contributed by atoms with E-state index in [9.17, 15) is 4.79 Å². The standard InChI is InChI=1S/C9H18N2O3/c1-14-6-2-4-11-5-3-10-8(7-11)9(12)13/h8,10H,2-7H2,1H3,(H,12,13). The summed E-state index contributed by atoms with van der Waals surface area (Å²) in [7, 11) is 1.68. The molecular formula is C9H18N2O3. The number of hydrogen-bond donors (Lipinski definition) is 2. The van der Waals surface area contributed by atoms with E-state index < -0.39 is 12.0 Å². The van der Waals surface area contributed by atoms with Gasteiger partial charge in [-0.2, -0.15) is 0 Å². The van der Waals surface area contributed by atoms with E-state index in [1.54, 1.807) is 7.11 Å². The minimum Gasteiger partial charge on any atom is -0.480 e. The molecule has 1 saturated heterocycles. The van der Waals surface area contributed by atoms with E-state index in [-0.39, 0.29) is 0 Å². The van der Waals surface area contributed by atoms with Crippen molar-refractivity contribution in [2.45, 2.75) is 12.5 Å². The zero-order valence-corrected chi connectivity index (χ0v) is 8.53. The summed E-state index contributed by atoms with van der Waals surface area (Å²) >= 11 is 0. The molecule has 14 heavy (non-hydrogen) atoms. The first-order valence-corrected chi connectivity index (χ1v) is 4.91. The van der Waals surface area contributed by atoms with Crippen molar-refractivity contribution in [1.82, 2.24) is 10.2 Å². The molecule has 0 aromatic carbocycles. The first-order chi connectivity index (χ1) is 6.74. The normalized spacial score (nSPS) is 23.6. The van der Waals surface area contributed by atoms with Crippen molar-refractivity contribution in [1.29, 1.82) is 0 Å². The third kappa shape index (κ3) is 3.61. The lowest BCUT2D eigenvalue weighted by Crippen LogP contribution is -2.54. The molecule has 0 amide bonds. The number of hydrogen-bond acceptors (Lipinski definition) is 4. The molecule has 0 aromatic rings. The average molecular weight is 202 g/mol. The van der Waals surface area contributed by atoms with E-state index in [1.165, 1.54) is 0 Å². The molecule has 1 aliphatic rings. The summed E-state index contributed by atoms with van der Waals surface area (Å²) in [6.07, 6.45) is 0.961. The van der Waals surface area contributed by atoms with E-state index in [4.69, 9.17) is 9.84 Å². The third-order valence-corrected chi connectivity index (χ3v) is 2.38. The minimum absolute atomic E-state index is 0.411. The molecule has 82 valence electrons. The fraction of sp³-hybridized carbons (Fsp3) is 0.889. The Labute approximate surface area is 84.0 Å². The number of piperazine rings is 1. The Morgan fingerprint density at radius 2 is 2.50 bits per heavy atom. The fourth-order valence-electron chi connectivity index (χ4n) is 1.61. The van der Waals surface area contributed by atoms with Crippen LogP contribution in [0.1, 0.15) is 6.42 Å². The zero-order chi connectivity index (χ0) is 10.4. The molecular weight excluding hydrogens is 184 g/mol. The number of carboxylic acids is 1. The van der Waals surface area contributed by atoms with Crippen LogP contribution >= 0.6 is 0 Å². The van der Waals surface area contributed by atoms with Crippen LogP contribution < -0.4 is 5.32 Å². The van der Waals surface area contributed by atoms with Gasteiger partial charge in [-0.1, -0.05) is 0 Å². The Balaban J connectivity index is 2.22. The van der Waals surface area contributed by atoms with Crippen molar-refractivity contribution in [2.24, 2.45) is 0 Å². The molecule has 1 unspecified atom stereocenters. The van der Waals surface area contributed by atoms with Crippen LogP contribution in [0.15, 0.2) is 0 Å². The highest BCUT2D eigenvalue weighted by Gasteiger charge is 2.23. The van der Waals surface area contributed by atoms with Crippen LogP contribution in [0, 0.1) is 0 Å². The molecule has 1 atom stereocenters.